The number of hydrogen-bond acceptors (Lipinski definition) is 6. The van der Waals surface area contributed by atoms with Crippen molar-refractivity contribution in [2.75, 3.05) is 18.0 Å². The van der Waals surface area contributed by atoms with Crippen molar-refractivity contribution in [1.82, 2.24) is 14.3 Å². The summed E-state index contributed by atoms with van der Waals surface area (Å²) < 4.78 is 2.11. The lowest BCUT2D eigenvalue weighted by molar-refractivity contribution is -0.122. The molecular weight excluding hydrogens is 500 g/mol. The fourth-order valence-corrected chi connectivity index (χ4v) is 6.30. The Balaban J connectivity index is 1.45. The van der Waals surface area contributed by atoms with Gasteiger partial charge in [0.25, 0.3) is 11.5 Å². The maximum atomic E-state index is 13.7. The lowest BCUT2D eigenvalue weighted by atomic mass is 9.99. The predicted octanol–water partition coefficient (Wildman–Crippen LogP) is 5.82. The lowest BCUT2D eigenvalue weighted by Gasteiger charge is -2.30. The van der Waals surface area contributed by atoms with Gasteiger partial charge in [0.15, 0.2) is 0 Å². The van der Waals surface area contributed by atoms with Crippen LogP contribution in [-0.4, -0.2) is 37.6 Å². The van der Waals surface area contributed by atoms with Gasteiger partial charge in [-0.1, -0.05) is 93.3 Å². The number of unbranched alkanes of at least 4 members (excludes halogenated alkanes) is 5. The average Bonchev–Trinajstić information content (AvgIpc) is 3.19. The van der Waals surface area contributed by atoms with Crippen LogP contribution in [0, 0.1) is 0 Å². The number of pyridine rings is 1. The Morgan fingerprint density at radius 2 is 1.76 bits per heavy atom. The van der Waals surface area contributed by atoms with E-state index in [1.807, 2.05) is 24.3 Å². The first-order chi connectivity index (χ1) is 18.1. The second-order valence-electron chi connectivity index (χ2n) is 9.62. The lowest BCUT2D eigenvalue weighted by Crippen LogP contribution is -2.34. The van der Waals surface area contributed by atoms with E-state index in [1.165, 1.54) is 48.6 Å². The number of benzene rings is 1. The molecule has 2 aliphatic heterocycles. The third kappa shape index (κ3) is 5.50. The topological polar surface area (TPSA) is 57.9 Å². The molecule has 2 aliphatic rings. The van der Waals surface area contributed by atoms with E-state index in [9.17, 15) is 9.59 Å². The molecule has 0 aliphatic carbocycles. The highest BCUT2D eigenvalue weighted by molar-refractivity contribution is 8.26. The molecule has 0 bridgehead atoms. The average molecular weight is 533 g/mol. The smallest absolute Gasteiger partial charge is 0.267 e. The van der Waals surface area contributed by atoms with Gasteiger partial charge >= 0.3 is 0 Å². The van der Waals surface area contributed by atoms with Gasteiger partial charge in [0.2, 0.25) is 0 Å². The van der Waals surface area contributed by atoms with Crippen LogP contribution in [-0.2, 0) is 17.8 Å². The van der Waals surface area contributed by atoms with E-state index < -0.39 is 0 Å². The summed E-state index contributed by atoms with van der Waals surface area (Å²) >= 11 is 6.84. The van der Waals surface area contributed by atoms with Crippen molar-refractivity contribution in [2.24, 2.45) is 0 Å². The maximum absolute atomic E-state index is 13.7. The van der Waals surface area contributed by atoms with Crippen LogP contribution in [0.1, 0.15) is 62.1 Å². The Morgan fingerprint density at radius 1 is 1.00 bits per heavy atom. The van der Waals surface area contributed by atoms with Crippen LogP contribution in [0.4, 0.5) is 5.82 Å². The fraction of sp³-hybridized carbons (Fsp3) is 0.379. The standard InChI is InChI=1S/C29H32N4O2S2/c1-2-3-4-5-6-10-17-33-28(35)24(37-29(33)36)19-23-26(30-25-14-9-11-16-32(25)27(23)34)31-18-15-21-12-7-8-13-22(21)20-31/h7-9,11-14,16,19H,2-6,10,15,17-18,20H2,1H3. The molecule has 1 fully saturated rings. The van der Waals surface area contributed by atoms with E-state index in [4.69, 9.17) is 17.2 Å². The molecule has 1 aromatic carbocycles. The SMILES string of the molecule is CCCCCCCCN1C(=O)C(=Cc2c(N3CCc4ccccc4C3)nc3ccccn3c2=O)SC1=S. The van der Waals surface area contributed by atoms with Gasteiger partial charge in [-0.2, -0.15) is 0 Å². The van der Waals surface area contributed by atoms with Crippen LogP contribution in [0.3, 0.4) is 0 Å². The van der Waals surface area contributed by atoms with Gasteiger partial charge < -0.3 is 4.90 Å². The van der Waals surface area contributed by atoms with E-state index >= 15 is 0 Å². The molecule has 2 aromatic heterocycles. The molecule has 4 heterocycles. The molecule has 8 heteroatoms. The minimum atomic E-state index is -0.180. The van der Waals surface area contributed by atoms with Gasteiger partial charge in [-0.15, -0.1) is 0 Å². The molecule has 0 unspecified atom stereocenters. The van der Waals surface area contributed by atoms with E-state index in [1.54, 1.807) is 21.6 Å². The highest BCUT2D eigenvalue weighted by Crippen LogP contribution is 2.34. The van der Waals surface area contributed by atoms with Crippen molar-refractivity contribution in [3.8, 4) is 0 Å². The minimum absolute atomic E-state index is 0.115. The molecule has 1 amide bonds. The van der Waals surface area contributed by atoms with Gasteiger partial charge in [-0.25, -0.2) is 4.98 Å². The number of aromatic nitrogens is 2. The van der Waals surface area contributed by atoms with Crippen LogP contribution in [0.25, 0.3) is 11.7 Å². The monoisotopic (exact) mass is 532 g/mol. The first-order valence-electron chi connectivity index (χ1n) is 13.2. The van der Waals surface area contributed by atoms with Crippen LogP contribution in [0.5, 0.6) is 0 Å². The quantitative estimate of drug-likeness (QED) is 0.197. The molecule has 6 nitrogen and oxygen atoms in total. The van der Waals surface area contributed by atoms with Crippen LogP contribution in [0.15, 0.2) is 58.4 Å². The molecule has 192 valence electrons. The third-order valence-corrected chi connectivity index (χ3v) is 8.44. The zero-order valence-corrected chi connectivity index (χ0v) is 22.8. The van der Waals surface area contributed by atoms with E-state index in [2.05, 4.69) is 30.0 Å². The van der Waals surface area contributed by atoms with Crippen LogP contribution >= 0.6 is 24.0 Å². The Kier molecular flexibility index (Phi) is 8.05. The number of hydrogen-bond donors (Lipinski definition) is 0. The van der Waals surface area contributed by atoms with Crippen molar-refractivity contribution in [1.29, 1.82) is 0 Å². The number of fused-ring (bicyclic) bond motifs is 2. The van der Waals surface area contributed by atoms with Gasteiger partial charge in [-0.3, -0.25) is 18.9 Å². The predicted molar refractivity (Wildman–Crippen MR) is 156 cm³/mol. The number of thioether (sulfide) groups is 1. The fourth-order valence-electron chi connectivity index (χ4n) is 5.01. The third-order valence-electron chi connectivity index (χ3n) is 7.06. The molecule has 0 spiro atoms. The summed E-state index contributed by atoms with van der Waals surface area (Å²) in [7, 11) is 0. The second-order valence-corrected chi connectivity index (χ2v) is 11.3. The number of carbonyl (C=O) groups is 1. The molecule has 0 saturated carbocycles. The molecule has 5 rings (SSSR count). The largest absolute Gasteiger partial charge is 0.351 e. The van der Waals surface area contributed by atoms with Gasteiger partial charge in [-0.05, 0) is 42.2 Å². The number of anilines is 1. The van der Waals surface area contributed by atoms with Crippen molar-refractivity contribution >= 4 is 51.7 Å². The van der Waals surface area contributed by atoms with Crippen molar-refractivity contribution in [2.45, 2.75) is 58.4 Å². The number of amides is 1. The zero-order valence-electron chi connectivity index (χ0n) is 21.2. The van der Waals surface area contributed by atoms with Crippen molar-refractivity contribution < 1.29 is 4.79 Å². The minimum Gasteiger partial charge on any atom is -0.351 e. The first kappa shape index (κ1) is 25.7. The van der Waals surface area contributed by atoms with Crippen LogP contribution < -0.4 is 10.5 Å². The summed E-state index contributed by atoms with van der Waals surface area (Å²) in [6.45, 7) is 4.26. The Bertz CT molecular complexity index is 1410. The van der Waals surface area contributed by atoms with Gasteiger partial charge in [0, 0.05) is 25.8 Å². The van der Waals surface area contributed by atoms with E-state index in [0.29, 0.717) is 39.3 Å². The Morgan fingerprint density at radius 3 is 2.59 bits per heavy atom. The summed E-state index contributed by atoms with van der Waals surface area (Å²) in [5, 5.41) is 0. The normalized spacial score (nSPS) is 16.7. The molecule has 0 radical (unpaired) electrons. The van der Waals surface area contributed by atoms with Gasteiger partial charge in [0.05, 0.1) is 10.5 Å². The molecule has 0 atom stereocenters. The van der Waals surface area contributed by atoms with Crippen molar-refractivity contribution in [3.63, 3.8) is 0 Å². The second kappa shape index (κ2) is 11.6. The Labute approximate surface area is 227 Å². The number of carbonyl (C=O) groups excluding carboxylic acids is 1. The molecule has 3 aromatic rings. The van der Waals surface area contributed by atoms with Crippen molar-refractivity contribution in [3.05, 3.63) is 80.6 Å². The van der Waals surface area contributed by atoms with E-state index in [0.717, 1.165) is 25.8 Å². The van der Waals surface area contributed by atoms with E-state index in [-0.39, 0.29) is 11.5 Å². The summed E-state index contributed by atoms with van der Waals surface area (Å²) in [4.78, 5) is 36.2. The summed E-state index contributed by atoms with van der Waals surface area (Å²) in [5.74, 6) is 0.503. The number of thiocarbonyl (C=S) groups is 1. The molecular formula is C29H32N4O2S2. The van der Waals surface area contributed by atoms with Crippen LogP contribution in [0.2, 0.25) is 0 Å². The number of nitrogens with zero attached hydrogens (tertiary/aromatic N) is 4. The highest BCUT2D eigenvalue weighted by atomic mass is 32.2. The summed E-state index contributed by atoms with van der Waals surface area (Å²) in [5.41, 5.74) is 3.41. The molecule has 1 saturated heterocycles. The zero-order chi connectivity index (χ0) is 25.8. The highest BCUT2D eigenvalue weighted by Gasteiger charge is 2.32. The molecule has 37 heavy (non-hydrogen) atoms. The maximum Gasteiger partial charge on any atom is 0.267 e. The number of rotatable bonds is 9. The summed E-state index contributed by atoms with van der Waals surface area (Å²) in [6.07, 6.45) is 11.2. The van der Waals surface area contributed by atoms with Gasteiger partial charge in [0.1, 0.15) is 15.8 Å². The first-order valence-corrected chi connectivity index (χ1v) is 14.4. The summed E-state index contributed by atoms with van der Waals surface area (Å²) in [6, 6.07) is 13.9. The molecule has 0 N–H and O–H groups in total. The Hall–Kier alpha value is -2.97.